The summed E-state index contributed by atoms with van der Waals surface area (Å²) in [6.07, 6.45) is 3.36. The van der Waals surface area contributed by atoms with Crippen molar-refractivity contribution < 1.29 is 14.3 Å². The van der Waals surface area contributed by atoms with Gasteiger partial charge in [0.1, 0.15) is 5.76 Å². The van der Waals surface area contributed by atoms with Gasteiger partial charge >= 0.3 is 5.97 Å². The van der Waals surface area contributed by atoms with Crippen molar-refractivity contribution in [3.63, 3.8) is 0 Å². The van der Waals surface area contributed by atoms with E-state index < -0.39 is 5.97 Å². The van der Waals surface area contributed by atoms with Crippen molar-refractivity contribution in [2.24, 2.45) is 5.73 Å². The normalized spacial score (nSPS) is 25.5. The molecule has 0 radical (unpaired) electrons. The molecule has 6 heteroatoms. The van der Waals surface area contributed by atoms with Crippen molar-refractivity contribution in [1.29, 1.82) is 0 Å². The van der Waals surface area contributed by atoms with Crippen LogP contribution in [0.5, 0.6) is 0 Å². The molecule has 2 aliphatic rings. The first-order chi connectivity index (χ1) is 10.1. The third kappa shape index (κ3) is 3.45. The Balaban J connectivity index is 1.51. The number of carboxylic acid groups (broad SMARTS) is 1. The van der Waals surface area contributed by atoms with Crippen LogP contribution in [0.4, 0.5) is 0 Å². The van der Waals surface area contributed by atoms with Crippen molar-refractivity contribution in [2.75, 3.05) is 26.2 Å². The molecule has 21 heavy (non-hydrogen) atoms. The highest BCUT2D eigenvalue weighted by Crippen LogP contribution is 2.22. The molecule has 6 nitrogen and oxygen atoms in total. The summed E-state index contributed by atoms with van der Waals surface area (Å²) in [5, 5.41) is 8.87. The lowest BCUT2D eigenvalue weighted by Crippen LogP contribution is -2.46. The fraction of sp³-hybridized carbons (Fsp3) is 0.667. The van der Waals surface area contributed by atoms with E-state index in [1.807, 2.05) is 0 Å². The summed E-state index contributed by atoms with van der Waals surface area (Å²) in [5.74, 6) is -0.260. The molecule has 3 heterocycles. The quantitative estimate of drug-likeness (QED) is 0.861. The topological polar surface area (TPSA) is 82.9 Å². The highest BCUT2D eigenvalue weighted by atomic mass is 16.4. The maximum Gasteiger partial charge on any atom is 0.371 e. The highest BCUT2D eigenvalue weighted by molar-refractivity contribution is 5.84. The van der Waals surface area contributed by atoms with E-state index in [0.717, 1.165) is 44.8 Å². The van der Waals surface area contributed by atoms with Crippen LogP contribution in [-0.2, 0) is 6.54 Å². The Morgan fingerprint density at radius 1 is 1.29 bits per heavy atom. The molecule has 2 fully saturated rings. The van der Waals surface area contributed by atoms with Crippen molar-refractivity contribution in [2.45, 2.75) is 37.9 Å². The van der Waals surface area contributed by atoms with Gasteiger partial charge in [-0.05, 0) is 44.5 Å². The number of carboxylic acids is 1. The first-order valence-corrected chi connectivity index (χ1v) is 7.66. The van der Waals surface area contributed by atoms with E-state index in [0.29, 0.717) is 18.6 Å². The Kier molecular flexibility index (Phi) is 4.28. The predicted octanol–water partition coefficient (Wildman–Crippen LogP) is 0.975. The fourth-order valence-electron chi connectivity index (χ4n) is 3.34. The number of likely N-dealkylation sites (tertiary alicyclic amines) is 2. The number of aromatic carboxylic acids is 1. The third-order valence-electron chi connectivity index (χ3n) is 4.59. The fourth-order valence-corrected chi connectivity index (χ4v) is 3.34. The molecule has 0 amide bonds. The Morgan fingerprint density at radius 2 is 2.05 bits per heavy atom. The smallest absolute Gasteiger partial charge is 0.371 e. The van der Waals surface area contributed by atoms with Gasteiger partial charge in [0.05, 0.1) is 6.54 Å². The minimum absolute atomic E-state index is 0.0192. The zero-order valence-electron chi connectivity index (χ0n) is 12.2. The van der Waals surface area contributed by atoms with Gasteiger partial charge in [0.15, 0.2) is 0 Å². The van der Waals surface area contributed by atoms with Gasteiger partial charge in [-0.25, -0.2) is 4.79 Å². The predicted molar refractivity (Wildman–Crippen MR) is 78.1 cm³/mol. The molecule has 1 unspecified atom stereocenters. The lowest BCUT2D eigenvalue weighted by Gasteiger charge is -2.34. The van der Waals surface area contributed by atoms with E-state index in [1.54, 1.807) is 6.07 Å². The number of nitrogens with zero attached hydrogens (tertiary/aromatic N) is 2. The third-order valence-corrected chi connectivity index (χ3v) is 4.59. The number of piperidine rings is 1. The lowest BCUT2D eigenvalue weighted by atomic mass is 10.0. The molecule has 0 spiro atoms. The van der Waals surface area contributed by atoms with E-state index in [9.17, 15) is 4.79 Å². The van der Waals surface area contributed by atoms with Crippen molar-refractivity contribution in [3.8, 4) is 0 Å². The summed E-state index contributed by atoms with van der Waals surface area (Å²) < 4.78 is 5.33. The highest BCUT2D eigenvalue weighted by Gasteiger charge is 2.30. The van der Waals surface area contributed by atoms with Crippen LogP contribution in [0.25, 0.3) is 0 Å². The van der Waals surface area contributed by atoms with Crippen LogP contribution < -0.4 is 5.73 Å². The monoisotopic (exact) mass is 293 g/mol. The summed E-state index contributed by atoms with van der Waals surface area (Å²) in [6.45, 7) is 4.96. The van der Waals surface area contributed by atoms with Crippen molar-refractivity contribution in [3.05, 3.63) is 23.7 Å². The first-order valence-electron chi connectivity index (χ1n) is 7.66. The van der Waals surface area contributed by atoms with Crippen molar-refractivity contribution >= 4 is 5.97 Å². The largest absolute Gasteiger partial charge is 0.475 e. The van der Waals surface area contributed by atoms with Crippen molar-refractivity contribution in [1.82, 2.24) is 9.80 Å². The molecule has 0 aromatic carbocycles. The molecular formula is C15H23N3O3. The number of hydrogen-bond acceptors (Lipinski definition) is 5. The van der Waals surface area contributed by atoms with E-state index in [-0.39, 0.29) is 5.76 Å². The van der Waals surface area contributed by atoms with E-state index >= 15 is 0 Å². The molecule has 0 saturated carbocycles. The number of rotatable bonds is 4. The maximum absolute atomic E-state index is 10.8. The average molecular weight is 293 g/mol. The van der Waals surface area contributed by atoms with Crippen LogP contribution in [0.3, 0.4) is 0 Å². The number of furan rings is 1. The van der Waals surface area contributed by atoms with Gasteiger partial charge in [-0.2, -0.15) is 0 Å². The van der Waals surface area contributed by atoms with Gasteiger partial charge in [0.2, 0.25) is 5.76 Å². The van der Waals surface area contributed by atoms with Crippen LogP contribution in [0, 0.1) is 0 Å². The second kappa shape index (κ2) is 6.17. The molecule has 0 bridgehead atoms. The minimum Gasteiger partial charge on any atom is -0.475 e. The molecule has 3 rings (SSSR count). The second-order valence-electron chi connectivity index (χ2n) is 6.12. The zero-order chi connectivity index (χ0) is 14.8. The first kappa shape index (κ1) is 14.6. The molecule has 2 aliphatic heterocycles. The Labute approximate surface area is 124 Å². The van der Waals surface area contributed by atoms with E-state index in [1.165, 1.54) is 12.5 Å². The number of hydrogen-bond donors (Lipinski definition) is 2. The van der Waals surface area contributed by atoms with E-state index in [4.69, 9.17) is 15.3 Å². The summed E-state index contributed by atoms with van der Waals surface area (Å²) >= 11 is 0. The second-order valence-corrected chi connectivity index (χ2v) is 6.12. The molecule has 2 saturated heterocycles. The Hall–Kier alpha value is -1.37. The molecule has 1 aromatic rings. The van der Waals surface area contributed by atoms with Crippen LogP contribution in [0.1, 0.15) is 35.6 Å². The minimum atomic E-state index is -1.01. The van der Waals surface area contributed by atoms with Gasteiger partial charge in [0, 0.05) is 25.2 Å². The standard InChI is InChI=1S/C15H23N3O3/c16-11-3-7-18(8-4-11)12-5-6-17(9-12)10-13-1-2-14(21-13)15(19)20/h1-2,11-12H,3-10,16H2,(H,19,20). The molecule has 0 aliphatic carbocycles. The van der Waals surface area contributed by atoms with E-state index in [2.05, 4.69) is 9.80 Å². The summed E-state index contributed by atoms with van der Waals surface area (Å²) in [6, 6.07) is 4.26. The van der Waals surface area contributed by atoms with Gasteiger partial charge < -0.3 is 15.3 Å². The molecular weight excluding hydrogens is 270 g/mol. The summed E-state index contributed by atoms with van der Waals surface area (Å²) in [4.78, 5) is 15.7. The molecule has 116 valence electrons. The van der Waals surface area contributed by atoms with Gasteiger partial charge in [0.25, 0.3) is 0 Å². The summed E-state index contributed by atoms with van der Waals surface area (Å²) in [7, 11) is 0. The SMILES string of the molecule is NC1CCN(C2CCN(Cc3ccc(C(=O)O)o3)C2)CC1. The van der Waals surface area contributed by atoms with Crippen LogP contribution in [-0.4, -0.2) is 59.1 Å². The van der Waals surface area contributed by atoms with Gasteiger partial charge in [-0.15, -0.1) is 0 Å². The average Bonchev–Trinajstić information content (AvgIpc) is 3.10. The van der Waals surface area contributed by atoms with Gasteiger partial charge in [-0.1, -0.05) is 0 Å². The molecule has 1 atom stereocenters. The number of carbonyl (C=O) groups is 1. The lowest BCUT2D eigenvalue weighted by molar-refractivity contribution is 0.0658. The van der Waals surface area contributed by atoms with Crippen LogP contribution in [0.2, 0.25) is 0 Å². The van der Waals surface area contributed by atoms with Crippen LogP contribution in [0.15, 0.2) is 16.5 Å². The summed E-state index contributed by atoms with van der Waals surface area (Å²) in [5.41, 5.74) is 5.95. The Morgan fingerprint density at radius 3 is 2.71 bits per heavy atom. The molecule has 1 aromatic heterocycles. The van der Waals surface area contributed by atoms with Gasteiger partial charge in [-0.3, -0.25) is 9.80 Å². The van der Waals surface area contributed by atoms with Crippen LogP contribution >= 0.6 is 0 Å². The zero-order valence-corrected chi connectivity index (χ0v) is 12.2. The maximum atomic E-state index is 10.8. The molecule has 3 N–H and O–H groups in total. The number of nitrogens with two attached hydrogens (primary N) is 1. The Bertz CT molecular complexity index is 494.